The van der Waals surface area contributed by atoms with E-state index in [1.54, 1.807) is 0 Å². The van der Waals surface area contributed by atoms with E-state index in [1.165, 1.54) is 40.4 Å². The first-order valence-electron chi connectivity index (χ1n) is 8.61. The molecular formula is C19H28N2O7. The number of carbonyl (C=O) groups is 3. The van der Waals surface area contributed by atoms with E-state index in [2.05, 4.69) is 10.6 Å². The normalized spacial score (nSPS) is 11.8. The van der Waals surface area contributed by atoms with Crippen molar-refractivity contribution in [1.82, 2.24) is 10.6 Å². The number of hydrogen-bond acceptors (Lipinski definition) is 7. The number of nitrogens with one attached hydrogen (secondary N) is 2. The predicted molar refractivity (Wildman–Crippen MR) is 102 cm³/mol. The molecule has 0 saturated carbocycles. The maximum atomic E-state index is 12.5. The Morgan fingerprint density at radius 3 is 1.96 bits per heavy atom. The van der Waals surface area contributed by atoms with Crippen LogP contribution in [0.5, 0.6) is 17.2 Å². The van der Waals surface area contributed by atoms with E-state index in [0.717, 1.165) is 0 Å². The summed E-state index contributed by atoms with van der Waals surface area (Å²) in [6.07, 6.45) is 0. The van der Waals surface area contributed by atoms with Gasteiger partial charge in [-0.25, -0.2) is 4.79 Å². The number of carbonyl (C=O) groups excluding carboxylic acids is 3. The van der Waals surface area contributed by atoms with E-state index >= 15 is 0 Å². The lowest BCUT2D eigenvalue weighted by Gasteiger charge is -2.20. The third-order valence-electron chi connectivity index (χ3n) is 3.49. The Labute approximate surface area is 164 Å². The average Bonchev–Trinajstić information content (AvgIpc) is 2.62. The lowest BCUT2D eigenvalue weighted by molar-refractivity contribution is -0.150. The first-order chi connectivity index (χ1) is 13.0. The predicted octanol–water partition coefficient (Wildman–Crippen LogP) is 1.29. The zero-order chi connectivity index (χ0) is 21.5. The van der Waals surface area contributed by atoms with Crippen molar-refractivity contribution in [2.45, 2.75) is 39.3 Å². The van der Waals surface area contributed by atoms with Gasteiger partial charge in [-0.3, -0.25) is 9.59 Å². The molecule has 1 aromatic rings. The fourth-order valence-electron chi connectivity index (χ4n) is 2.27. The summed E-state index contributed by atoms with van der Waals surface area (Å²) in [5.41, 5.74) is -0.227. The van der Waals surface area contributed by atoms with Crippen molar-refractivity contribution in [3.05, 3.63) is 17.7 Å². The van der Waals surface area contributed by atoms with E-state index in [1.807, 2.05) is 20.8 Å². The highest BCUT2D eigenvalue weighted by Gasteiger charge is 2.22. The van der Waals surface area contributed by atoms with Crippen LogP contribution in [-0.2, 0) is 14.3 Å². The molecule has 0 aliphatic rings. The summed E-state index contributed by atoms with van der Waals surface area (Å²) in [4.78, 5) is 36.2. The Morgan fingerprint density at radius 2 is 1.54 bits per heavy atom. The van der Waals surface area contributed by atoms with Crippen molar-refractivity contribution in [3.8, 4) is 17.2 Å². The molecule has 9 heteroatoms. The molecule has 0 aromatic heterocycles. The van der Waals surface area contributed by atoms with Crippen LogP contribution in [0.2, 0.25) is 0 Å². The van der Waals surface area contributed by atoms with Gasteiger partial charge in [0, 0.05) is 11.1 Å². The Morgan fingerprint density at radius 1 is 1.00 bits per heavy atom. The fourth-order valence-corrected chi connectivity index (χ4v) is 2.27. The molecule has 0 fully saturated rings. The monoisotopic (exact) mass is 396 g/mol. The molecule has 2 N–H and O–H groups in total. The zero-order valence-corrected chi connectivity index (χ0v) is 17.3. The van der Waals surface area contributed by atoms with E-state index in [-0.39, 0.29) is 5.56 Å². The van der Waals surface area contributed by atoms with Crippen LogP contribution in [0.1, 0.15) is 38.1 Å². The first kappa shape index (κ1) is 23.1. The van der Waals surface area contributed by atoms with Gasteiger partial charge in [0.05, 0.1) is 21.3 Å². The molecule has 0 saturated heterocycles. The van der Waals surface area contributed by atoms with Crippen LogP contribution in [0.4, 0.5) is 0 Å². The topological polar surface area (TPSA) is 112 Å². The molecule has 0 heterocycles. The molecule has 1 atom stereocenters. The maximum Gasteiger partial charge on any atom is 0.328 e. The Bertz CT molecular complexity index is 700. The van der Waals surface area contributed by atoms with Crippen LogP contribution in [-0.4, -0.2) is 57.3 Å². The summed E-state index contributed by atoms with van der Waals surface area (Å²) in [6.45, 7) is 6.47. The van der Waals surface area contributed by atoms with Crippen LogP contribution in [0, 0.1) is 0 Å². The smallest absolute Gasteiger partial charge is 0.328 e. The fraction of sp³-hybridized carbons (Fsp3) is 0.526. The van der Waals surface area contributed by atoms with E-state index in [9.17, 15) is 14.4 Å². The summed E-state index contributed by atoms with van der Waals surface area (Å²) in [5, 5.41) is 5.18. The van der Waals surface area contributed by atoms with Gasteiger partial charge in [0.1, 0.15) is 6.04 Å². The van der Waals surface area contributed by atoms with Gasteiger partial charge in [0.15, 0.2) is 18.1 Å². The molecular weight excluding hydrogens is 368 g/mol. The van der Waals surface area contributed by atoms with Gasteiger partial charge < -0.3 is 29.6 Å². The van der Waals surface area contributed by atoms with Crippen LogP contribution >= 0.6 is 0 Å². The molecule has 0 unspecified atom stereocenters. The van der Waals surface area contributed by atoms with Gasteiger partial charge in [0.25, 0.3) is 11.8 Å². The minimum absolute atomic E-state index is 0.208. The summed E-state index contributed by atoms with van der Waals surface area (Å²) in [5.74, 6) is -0.738. The van der Waals surface area contributed by atoms with Crippen molar-refractivity contribution in [2.24, 2.45) is 0 Å². The van der Waals surface area contributed by atoms with E-state index in [0.29, 0.717) is 17.2 Å². The quantitative estimate of drug-likeness (QED) is 0.637. The highest BCUT2D eigenvalue weighted by atomic mass is 16.5. The molecule has 2 amide bonds. The molecule has 0 aliphatic heterocycles. The van der Waals surface area contributed by atoms with Gasteiger partial charge in [-0.2, -0.15) is 0 Å². The number of methoxy groups -OCH3 is 3. The number of hydrogen-bond donors (Lipinski definition) is 2. The van der Waals surface area contributed by atoms with Gasteiger partial charge >= 0.3 is 5.97 Å². The lowest BCUT2D eigenvalue weighted by atomic mass is 10.1. The molecule has 0 spiro atoms. The molecule has 0 radical (unpaired) electrons. The van der Waals surface area contributed by atoms with Crippen molar-refractivity contribution >= 4 is 17.8 Å². The Balaban J connectivity index is 2.76. The molecule has 1 rings (SSSR count). The van der Waals surface area contributed by atoms with Crippen molar-refractivity contribution < 1.29 is 33.3 Å². The number of amides is 2. The summed E-state index contributed by atoms with van der Waals surface area (Å²) < 4.78 is 20.6. The van der Waals surface area contributed by atoms with Crippen LogP contribution < -0.4 is 24.8 Å². The maximum absolute atomic E-state index is 12.5. The number of esters is 1. The van der Waals surface area contributed by atoms with Crippen LogP contribution in [0.3, 0.4) is 0 Å². The molecule has 0 bridgehead atoms. The highest BCUT2D eigenvalue weighted by Crippen LogP contribution is 2.38. The van der Waals surface area contributed by atoms with Crippen molar-refractivity contribution in [2.75, 3.05) is 27.9 Å². The van der Waals surface area contributed by atoms with Crippen LogP contribution in [0.25, 0.3) is 0 Å². The lowest BCUT2D eigenvalue weighted by Crippen LogP contribution is -2.44. The second-order valence-electron chi connectivity index (χ2n) is 7.02. The molecule has 28 heavy (non-hydrogen) atoms. The van der Waals surface area contributed by atoms with Gasteiger partial charge in [-0.1, -0.05) is 0 Å². The third-order valence-corrected chi connectivity index (χ3v) is 3.49. The van der Waals surface area contributed by atoms with Gasteiger partial charge in [-0.05, 0) is 39.8 Å². The van der Waals surface area contributed by atoms with Crippen molar-refractivity contribution in [3.63, 3.8) is 0 Å². The molecule has 9 nitrogen and oxygen atoms in total. The second kappa shape index (κ2) is 9.82. The SMILES string of the molecule is COc1cc(C(=O)N[C@@H](C)C(=O)OCC(=O)NC(C)(C)C)cc(OC)c1OC. The second-order valence-corrected chi connectivity index (χ2v) is 7.02. The van der Waals surface area contributed by atoms with Crippen LogP contribution in [0.15, 0.2) is 12.1 Å². The third kappa shape index (κ3) is 6.64. The minimum atomic E-state index is -0.964. The van der Waals surface area contributed by atoms with Gasteiger partial charge in [-0.15, -0.1) is 0 Å². The summed E-state index contributed by atoms with van der Waals surface area (Å²) >= 11 is 0. The zero-order valence-electron chi connectivity index (χ0n) is 17.3. The number of rotatable bonds is 8. The highest BCUT2D eigenvalue weighted by molar-refractivity contribution is 5.98. The minimum Gasteiger partial charge on any atom is -0.493 e. The molecule has 156 valence electrons. The Kier molecular flexibility index (Phi) is 8.09. The largest absolute Gasteiger partial charge is 0.493 e. The first-order valence-corrected chi connectivity index (χ1v) is 8.61. The van der Waals surface area contributed by atoms with E-state index < -0.39 is 36.0 Å². The molecule has 1 aromatic carbocycles. The number of benzene rings is 1. The van der Waals surface area contributed by atoms with E-state index in [4.69, 9.17) is 18.9 Å². The summed E-state index contributed by atoms with van der Waals surface area (Å²) in [6, 6.07) is 1.96. The van der Waals surface area contributed by atoms with Crippen molar-refractivity contribution in [1.29, 1.82) is 0 Å². The standard InChI is InChI=1S/C19H28N2O7/c1-11(18(24)28-10-15(22)21-19(2,3)4)20-17(23)12-8-13(25-5)16(27-7)14(9-12)26-6/h8-9,11H,10H2,1-7H3,(H,20,23)(H,21,22)/t11-/m0/s1. The Hall–Kier alpha value is -2.97. The van der Waals surface area contributed by atoms with Gasteiger partial charge in [0.2, 0.25) is 5.75 Å². The number of ether oxygens (including phenoxy) is 4. The average molecular weight is 396 g/mol. The molecule has 0 aliphatic carbocycles. The summed E-state index contributed by atoms with van der Waals surface area (Å²) in [7, 11) is 4.32.